The smallest absolute Gasteiger partial charge is 0.361 e. The van der Waals surface area contributed by atoms with E-state index in [2.05, 4.69) is 31.1 Å². The molecule has 1 aliphatic heterocycles. The number of piperazine rings is 1. The number of hydrogen-bond donors (Lipinski definition) is 2. The zero-order chi connectivity index (χ0) is 16.4. The van der Waals surface area contributed by atoms with Crippen LogP contribution in [0.1, 0.15) is 24.4 Å². The minimum Gasteiger partial charge on any atom is -0.361 e. The molecule has 7 heteroatoms. The number of fused-ring (bicyclic) bond motifs is 1. The molecule has 0 spiro atoms. The van der Waals surface area contributed by atoms with Crippen LogP contribution in [0.2, 0.25) is 0 Å². The Kier molecular flexibility index (Phi) is 4.98. The number of hydrogen-bond acceptors (Lipinski definition) is 2. The molecule has 1 aliphatic rings. The average molecular weight is 390 g/mol. The van der Waals surface area contributed by atoms with E-state index in [0.717, 1.165) is 47.1 Å². The third kappa shape index (κ3) is 4.08. The molecular formula is C16H19BrF3N3. The highest BCUT2D eigenvalue weighted by atomic mass is 79.9. The Morgan fingerprint density at radius 2 is 1.96 bits per heavy atom. The number of aromatic nitrogens is 1. The zero-order valence-electron chi connectivity index (χ0n) is 12.6. The number of rotatable bonds is 4. The van der Waals surface area contributed by atoms with Crippen molar-refractivity contribution in [1.82, 2.24) is 15.2 Å². The summed E-state index contributed by atoms with van der Waals surface area (Å²) in [7, 11) is 0. The lowest BCUT2D eigenvalue weighted by molar-refractivity contribution is -0.138. The van der Waals surface area contributed by atoms with Crippen molar-refractivity contribution in [3.63, 3.8) is 0 Å². The first-order valence-corrected chi connectivity index (χ1v) is 8.51. The van der Waals surface area contributed by atoms with Crippen LogP contribution in [0.3, 0.4) is 0 Å². The molecule has 0 unspecified atom stereocenters. The number of aromatic amines is 1. The lowest BCUT2D eigenvalue weighted by Crippen LogP contribution is -2.45. The summed E-state index contributed by atoms with van der Waals surface area (Å²) in [5, 5.41) is 4.25. The van der Waals surface area contributed by atoms with E-state index < -0.39 is 12.6 Å². The van der Waals surface area contributed by atoms with Crippen molar-refractivity contribution in [3.8, 4) is 0 Å². The van der Waals surface area contributed by atoms with Crippen LogP contribution in [0, 0.1) is 0 Å². The van der Waals surface area contributed by atoms with Gasteiger partial charge in [-0.05, 0) is 30.2 Å². The van der Waals surface area contributed by atoms with Crippen LogP contribution >= 0.6 is 15.9 Å². The SMILES string of the molecule is FC(F)(F)CC[C@@H](c1c[nH]c2ccc(Br)cc12)N1CCNCC1. The molecule has 0 aliphatic carbocycles. The fourth-order valence-electron chi connectivity index (χ4n) is 3.22. The van der Waals surface area contributed by atoms with E-state index in [1.807, 2.05) is 24.4 Å². The summed E-state index contributed by atoms with van der Waals surface area (Å²) in [5.74, 6) is 0. The Labute approximate surface area is 141 Å². The number of H-pyrrole nitrogens is 1. The van der Waals surface area contributed by atoms with Gasteiger partial charge < -0.3 is 10.3 Å². The molecular weight excluding hydrogens is 371 g/mol. The number of nitrogens with zero attached hydrogens (tertiary/aromatic N) is 1. The third-order valence-electron chi connectivity index (χ3n) is 4.33. The van der Waals surface area contributed by atoms with Gasteiger partial charge in [-0.15, -0.1) is 0 Å². The van der Waals surface area contributed by atoms with Gasteiger partial charge in [0.2, 0.25) is 0 Å². The minimum absolute atomic E-state index is 0.0863. The van der Waals surface area contributed by atoms with Gasteiger partial charge in [0, 0.05) is 60.2 Å². The van der Waals surface area contributed by atoms with Crippen molar-refractivity contribution in [2.75, 3.05) is 26.2 Å². The summed E-state index contributed by atoms with van der Waals surface area (Å²) in [4.78, 5) is 5.35. The molecule has 0 radical (unpaired) electrons. The van der Waals surface area contributed by atoms with E-state index in [1.54, 1.807) is 0 Å². The van der Waals surface area contributed by atoms with Gasteiger partial charge in [0.15, 0.2) is 0 Å². The maximum absolute atomic E-state index is 12.8. The molecule has 1 aromatic carbocycles. The monoisotopic (exact) mass is 389 g/mol. The summed E-state index contributed by atoms with van der Waals surface area (Å²) in [6, 6.07) is 5.63. The van der Waals surface area contributed by atoms with E-state index >= 15 is 0 Å². The highest BCUT2D eigenvalue weighted by Gasteiger charge is 2.32. The first kappa shape index (κ1) is 16.8. The van der Waals surface area contributed by atoms with Crippen LogP contribution in [-0.4, -0.2) is 42.2 Å². The summed E-state index contributed by atoms with van der Waals surface area (Å²) < 4.78 is 39.2. The second kappa shape index (κ2) is 6.83. The molecule has 3 rings (SSSR count). The first-order valence-electron chi connectivity index (χ1n) is 7.72. The fraction of sp³-hybridized carbons (Fsp3) is 0.500. The van der Waals surface area contributed by atoms with Gasteiger partial charge in [-0.3, -0.25) is 4.90 Å². The van der Waals surface area contributed by atoms with Crippen LogP contribution in [0.5, 0.6) is 0 Å². The van der Waals surface area contributed by atoms with Crippen molar-refractivity contribution in [2.24, 2.45) is 0 Å². The fourth-order valence-corrected chi connectivity index (χ4v) is 3.58. The number of nitrogens with one attached hydrogen (secondary N) is 2. The van der Waals surface area contributed by atoms with Crippen molar-refractivity contribution in [3.05, 3.63) is 34.4 Å². The molecule has 2 heterocycles. The maximum atomic E-state index is 12.8. The van der Waals surface area contributed by atoms with E-state index in [0.29, 0.717) is 0 Å². The lowest BCUT2D eigenvalue weighted by Gasteiger charge is -2.35. The second-order valence-corrected chi connectivity index (χ2v) is 6.81. The molecule has 0 saturated carbocycles. The normalized spacial score (nSPS) is 18.4. The van der Waals surface area contributed by atoms with Crippen LogP contribution in [0.4, 0.5) is 13.2 Å². The zero-order valence-corrected chi connectivity index (χ0v) is 14.2. The van der Waals surface area contributed by atoms with Gasteiger partial charge >= 0.3 is 6.18 Å². The largest absolute Gasteiger partial charge is 0.389 e. The van der Waals surface area contributed by atoms with Gasteiger partial charge in [0.05, 0.1) is 0 Å². The van der Waals surface area contributed by atoms with Crippen LogP contribution < -0.4 is 5.32 Å². The highest BCUT2D eigenvalue weighted by Crippen LogP contribution is 2.36. The van der Waals surface area contributed by atoms with Crippen molar-refractivity contribution in [1.29, 1.82) is 0 Å². The second-order valence-electron chi connectivity index (χ2n) is 5.89. The molecule has 23 heavy (non-hydrogen) atoms. The maximum Gasteiger partial charge on any atom is 0.389 e. The summed E-state index contributed by atoms with van der Waals surface area (Å²) in [6.45, 7) is 3.16. The number of alkyl halides is 3. The van der Waals surface area contributed by atoms with Crippen molar-refractivity contribution >= 4 is 26.8 Å². The number of benzene rings is 1. The summed E-state index contributed by atoms with van der Waals surface area (Å²) in [6.07, 6.45) is -2.94. The van der Waals surface area contributed by atoms with Gasteiger partial charge in [0.25, 0.3) is 0 Å². The predicted octanol–water partition coefficient (Wildman–Crippen LogP) is 4.22. The van der Waals surface area contributed by atoms with Crippen molar-refractivity contribution in [2.45, 2.75) is 25.1 Å². The van der Waals surface area contributed by atoms with Crippen LogP contribution in [0.15, 0.2) is 28.9 Å². The molecule has 1 aromatic heterocycles. The standard InChI is InChI=1S/C16H19BrF3N3/c17-11-1-2-14-12(9-11)13(10-22-14)15(3-4-16(18,19)20)23-7-5-21-6-8-23/h1-2,9-10,15,21-22H,3-8H2/t15-/m0/s1. The molecule has 0 amide bonds. The summed E-state index contributed by atoms with van der Waals surface area (Å²) in [5.41, 5.74) is 1.91. The third-order valence-corrected chi connectivity index (χ3v) is 4.82. The predicted molar refractivity (Wildman–Crippen MR) is 88.5 cm³/mol. The molecule has 2 aromatic rings. The van der Waals surface area contributed by atoms with Gasteiger partial charge in [-0.2, -0.15) is 13.2 Å². The Morgan fingerprint density at radius 3 is 2.65 bits per heavy atom. The Balaban J connectivity index is 1.93. The van der Waals surface area contributed by atoms with Crippen LogP contribution in [-0.2, 0) is 0 Å². The molecule has 0 bridgehead atoms. The lowest BCUT2D eigenvalue weighted by atomic mass is 9.98. The van der Waals surface area contributed by atoms with E-state index in [1.165, 1.54) is 0 Å². The van der Waals surface area contributed by atoms with E-state index in [4.69, 9.17) is 0 Å². The number of halogens is 4. The van der Waals surface area contributed by atoms with Crippen molar-refractivity contribution < 1.29 is 13.2 Å². The van der Waals surface area contributed by atoms with Gasteiger partial charge in [-0.1, -0.05) is 15.9 Å². The molecule has 1 atom stereocenters. The molecule has 1 fully saturated rings. The topological polar surface area (TPSA) is 31.1 Å². The van der Waals surface area contributed by atoms with Gasteiger partial charge in [-0.25, -0.2) is 0 Å². The van der Waals surface area contributed by atoms with E-state index in [-0.39, 0.29) is 12.5 Å². The average Bonchev–Trinajstić information content (AvgIpc) is 2.91. The highest BCUT2D eigenvalue weighted by molar-refractivity contribution is 9.10. The minimum atomic E-state index is -4.13. The molecule has 1 saturated heterocycles. The Hall–Kier alpha value is -1.05. The molecule has 3 nitrogen and oxygen atoms in total. The summed E-state index contributed by atoms with van der Waals surface area (Å²) >= 11 is 3.45. The quantitative estimate of drug-likeness (QED) is 0.819. The molecule has 126 valence electrons. The molecule has 2 N–H and O–H groups in total. The van der Waals surface area contributed by atoms with Gasteiger partial charge in [0.1, 0.15) is 0 Å². The first-order chi connectivity index (χ1) is 10.9. The van der Waals surface area contributed by atoms with E-state index in [9.17, 15) is 13.2 Å². The Morgan fingerprint density at radius 1 is 1.22 bits per heavy atom. The Bertz CT molecular complexity index is 662. The van der Waals surface area contributed by atoms with Crippen LogP contribution in [0.25, 0.3) is 10.9 Å².